The summed E-state index contributed by atoms with van der Waals surface area (Å²) in [6.07, 6.45) is -1.36. The Morgan fingerprint density at radius 1 is 0.967 bits per heavy atom. The van der Waals surface area contributed by atoms with Crippen LogP contribution in [-0.2, 0) is 0 Å². The monoisotopic (exact) mass is 455 g/mol. The molecule has 4 rings (SSSR count). The lowest BCUT2D eigenvalue weighted by atomic mass is 9.98. The topological polar surface area (TPSA) is 59.4 Å². The van der Waals surface area contributed by atoms with E-state index < -0.39 is 6.16 Å². The lowest BCUT2D eigenvalue weighted by molar-refractivity contribution is 0.144. The summed E-state index contributed by atoms with van der Waals surface area (Å²) in [7, 11) is 0. The van der Waals surface area contributed by atoms with Crippen LogP contribution in [0, 0.1) is 6.92 Å². The summed E-state index contributed by atoms with van der Waals surface area (Å²) in [6, 6.07) is 18.6. The highest BCUT2D eigenvalue weighted by atomic mass is 35.5. The fraction of sp³-hybridized carbons (Fsp3) is 0.0435. The largest absolute Gasteiger partial charge is 0.511 e. The van der Waals surface area contributed by atoms with Gasteiger partial charge in [-0.2, -0.15) is 0 Å². The summed E-state index contributed by atoms with van der Waals surface area (Å²) in [5.41, 5.74) is 5.02. The van der Waals surface area contributed by atoms with Crippen LogP contribution in [0.15, 0.2) is 66.0 Å². The number of hydrogen-bond acceptors (Lipinski definition) is 4. The third-order valence-electron chi connectivity index (χ3n) is 4.58. The van der Waals surface area contributed by atoms with Crippen molar-refractivity contribution in [3.05, 3.63) is 81.7 Å². The second kappa shape index (κ2) is 8.48. The first-order valence-electron chi connectivity index (χ1n) is 8.94. The Labute approximate surface area is 187 Å². The lowest BCUT2D eigenvalue weighted by Crippen LogP contribution is -2.04. The fourth-order valence-electron chi connectivity index (χ4n) is 3.13. The highest BCUT2D eigenvalue weighted by molar-refractivity contribution is 7.13. The third-order valence-corrected chi connectivity index (χ3v) is 6.21. The average molecular weight is 456 g/mol. The molecule has 0 aliphatic rings. The Balaban J connectivity index is 1.75. The van der Waals surface area contributed by atoms with Gasteiger partial charge in [0.1, 0.15) is 10.8 Å². The molecule has 1 N–H and O–H groups in total. The maximum Gasteiger partial charge on any atom is 0.511 e. The van der Waals surface area contributed by atoms with E-state index in [4.69, 9.17) is 27.9 Å². The molecule has 3 aromatic carbocycles. The number of aryl methyl sites for hydroxylation is 1. The molecule has 0 saturated carbocycles. The van der Waals surface area contributed by atoms with Gasteiger partial charge in [-0.05, 0) is 42.3 Å². The molecule has 0 atom stereocenters. The van der Waals surface area contributed by atoms with Gasteiger partial charge in [0, 0.05) is 22.1 Å². The molecule has 1 heterocycles. The van der Waals surface area contributed by atoms with Gasteiger partial charge in [-0.25, -0.2) is 9.78 Å². The molecule has 0 amide bonds. The minimum absolute atomic E-state index is 0.264. The van der Waals surface area contributed by atoms with E-state index in [1.54, 1.807) is 18.2 Å². The maximum absolute atomic E-state index is 11.3. The van der Waals surface area contributed by atoms with Crippen molar-refractivity contribution in [2.75, 3.05) is 0 Å². The van der Waals surface area contributed by atoms with Crippen molar-refractivity contribution in [3.63, 3.8) is 0 Å². The number of thiazole rings is 1. The van der Waals surface area contributed by atoms with E-state index in [2.05, 4.69) is 4.98 Å². The summed E-state index contributed by atoms with van der Waals surface area (Å²) in [6.45, 7) is 1.97. The smallest absolute Gasteiger partial charge is 0.449 e. The molecule has 30 heavy (non-hydrogen) atoms. The molecule has 150 valence electrons. The van der Waals surface area contributed by atoms with Crippen LogP contribution in [0.3, 0.4) is 0 Å². The second-order valence-corrected chi connectivity index (χ2v) is 8.23. The minimum Gasteiger partial charge on any atom is -0.449 e. The Kier molecular flexibility index (Phi) is 5.77. The highest BCUT2D eigenvalue weighted by Gasteiger charge is 2.15. The SMILES string of the molecule is Cc1ccccc1-c1ccc(-c2nc(-c3ccc(Cl)c(Cl)c3)cs2)cc1OC(=O)O. The number of aromatic nitrogens is 1. The van der Waals surface area contributed by atoms with Crippen LogP contribution in [0.5, 0.6) is 5.75 Å². The summed E-state index contributed by atoms with van der Waals surface area (Å²) in [5, 5.41) is 12.8. The lowest BCUT2D eigenvalue weighted by Gasteiger charge is -2.12. The summed E-state index contributed by atoms with van der Waals surface area (Å²) in [4.78, 5) is 16.0. The summed E-state index contributed by atoms with van der Waals surface area (Å²) < 4.78 is 5.10. The molecule has 0 saturated heterocycles. The Bertz CT molecular complexity index is 1250. The van der Waals surface area contributed by atoms with Crippen molar-refractivity contribution in [1.29, 1.82) is 0 Å². The quantitative estimate of drug-likeness (QED) is 0.251. The first-order valence-corrected chi connectivity index (χ1v) is 10.6. The van der Waals surface area contributed by atoms with Crippen molar-refractivity contribution >= 4 is 40.7 Å². The van der Waals surface area contributed by atoms with E-state index in [9.17, 15) is 9.90 Å². The van der Waals surface area contributed by atoms with Crippen molar-refractivity contribution < 1.29 is 14.6 Å². The van der Waals surface area contributed by atoms with Crippen molar-refractivity contribution in [2.45, 2.75) is 6.92 Å². The van der Waals surface area contributed by atoms with Gasteiger partial charge in [-0.1, -0.05) is 59.6 Å². The van der Waals surface area contributed by atoms with E-state index in [-0.39, 0.29) is 5.75 Å². The maximum atomic E-state index is 11.3. The molecule has 0 fully saturated rings. The van der Waals surface area contributed by atoms with Gasteiger partial charge in [0.15, 0.2) is 0 Å². The van der Waals surface area contributed by atoms with Gasteiger partial charge in [-0.3, -0.25) is 0 Å². The molecular formula is C23H15Cl2NO3S. The van der Waals surface area contributed by atoms with Crippen molar-refractivity contribution in [1.82, 2.24) is 4.98 Å². The number of carboxylic acid groups (broad SMARTS) is 1. The van der Waals surface area contributed by atoms with Gasteiger partial charge in [0.05, 0.1) is 15.7 Å². The summed E-state index contributed by atoms with van der Waals surface area (Å²) in [5.74, 6) is 0.264. The molecule has 0 spiro atoms. The molecule has 0 radical (unpaired) electrons. The van der Waals surface area contributed by atoms with Crippen LogP contribution in [-0.4, -0.2) is 16.2 Å². The van der Waals surface area contributed by atoms with Gasteiger partial charge in [-0.15, -0.1) is 11.3 Å². The van der Waals surface area contributed by atoms with E-state index in [0.717, 1.165) is 33.0 Å². The molecular weight excluding hydrogens is 441 g/mol. The molecule has 0 aliphatic heterocycles. The van der Waals surface area contributed by atoms with Crippen molar-refractivity contribution in [3.8, 4) is 38.7 Å². The minimum atomic E-state index is -1.36. The first-order chi connectivity index (χ1) is 14.4. The number of halogens is 2. The predicted molar refractivity (Wildman–Crippen MR) is 122 cm³/mol. The zero-order valence-corrected chi connectivity index (χ0v) is 18.1. The first kappa shape index (κ1) is 20.4. The molecule has 4 nitrogen and oxygen atoms in total. The normalized spacial score (nSPS) is 10.8. The molecule has 7 heteroatoms. The van der Waals surface area contributed by atoms with Crippen LogP contribution < -0.4 is 4.74 Å². The van der Waals surface area contributed by atoms with E-state index in [1.807, 2.05) is 54.8 Å². The molecule has 0 aliphatic carbocycles. The van der Waals surface area contributed by atoms with E-state index in [0.29, 0.717) is 15.6 Å². The van der Waals surface area contributed by atoms with Gasteiger partial charge >= 0.3 is 6.16 Å². The summed E-state index contributed by atoms with van der Waals surface area (Å²) >= 11 is 13.6. The Hall–Kier alpha value is -2.86. The third kappa shape index (κ3) is 4.19. The number of carbonyl (C=O) groups is 1. The van der Waals surface area contributed by atoms with Crippen LogP contribution in [0.2, 0.25) is 10.0 Å². The molecule has 0 bridgehead atoms. The predicted octanol–water partition coefficient (Wildman–Crippen LogP) is 7.82. The fourth-order valence-corrected chi connectivity index (χ4v) is 4.25. The average Bonchev–Trinajstić information content (AvgIpc) is 3.20. The molecule has 0 unspecified atom stereocenters. The Morgan fingerprint density at radius 3 is 2.47 bits per heavy atom. The van der Waals surface area contributed by atoms with E-state index >= 15 is 0 Å². The molecule has 4 aromatic rings. The van der Waals surface area contributed by atoms with Crippen LogP contribution in [0.1, 0.15) is 5.56 Å². The number of nitrogens with zero attached hydrogens (tertiary/aromatic N) is 1. The number of ether oxygens (including phenoxy) is 1. The highest BCUT2D eigenvalue weighted by Crippen LogP contribution is 2.38. The van der Waals surface area contributed by atoms with E-state index in [1.165, 1.54) is 11.3 Å². The van der Waals surface area contributed by atoms with Gasteiger partial charge in [0.2, 0.25) is 0 Å². The number of hydrogen-bond donors (Lipinski definition) is 1. The zero-order chi connectivity index (χ0) is 21.3. The van der Waals surface area contributed by atoms with Crippen LogP contribution in [0.25, 0.3) is 33.0 Å². The Morgan fingerprint density at radius 2 is 1.73 bits per heavy atom. The van der Waals surface area contributed by atoms with Gasteiger partial charge in [0.25, 0.3) is 0 Å². The molecule has 1 aromatic heterocycles. The standard InChI is InChI=1S/C23H15Cl2NO3S/c1-13-4-2-3-5-16(13)17-8-6-15(11-21(17)29-23(27)28)22-26-20(12-30-22)14-7-9-18(24)19(25)10-14/h2-12H,1H3,(H,27,28). The second-order valence-electron chi connectivity index (χ2n) is 6.56. The van der Waals surface area contributed by atoms with Gasteiger partial charge < -0.3 is 9.84 Å². The number of benzene rings is 3. The van der Waals surface area contributed by atoms with Crippen molar-refractivity contribution in [2.24, 2.45) is 0 Å². The van der Waals surface area contributed by atoms with Crippen LogP contribution in [0.4, 0.5) is 4.79 Å². The van der Waals surface area contributed by atoms with Crippen LogP contribution >= 0.6 is 34.5 Å². The zero-order valence-electron chi connectivity index (χ0n) is 15.7. The number of rotatable bonds is 4.